The molecule has 0 spiro atoms. The zero-order valence-electron chi connectivity index (χ0n) is 15.8. The number of unbranched alkanes of at least 4 members (excludes halogenated alkanes) is 4. The van der Waals surface area contributed by atoms with Gasteiger partial charge in [0.15, 0.2) is 0 Å². The number of carbonyl (C=O) groups excluding carboxylic acids is 1. The predicted molar refractivity (Wildman–Crippen MR) is 102 cm³/mol. The molecule has 0 heterocycles. The monoisotopic (exact) mass is 547 g/mol. The van der Waals surface area contributed by atoms with Crippen molar-refractivity contribution in [1.82, 2.24) is 0 Å². The molecule has 0 rings (SSSR count). The minimum Gasteiger partial charge on any atom is -0.412 e. The smallest absolute Gasteiger partial charge is 0.412 e. The number of rotatable bonds is 16. The molecule has 0 unspecified atom stereocenters. The topological polar surface area (TPSA) is 67.0 Å². The van der Waals surface area contributed by atoms with Gasteiger partial charge in [-0.2, -0.15) is 0 Å². The van der Waals surface area contributed by atoms with Gasteiger partial charge in [-0.3, -0.25) is 0 Å². The van der Waals surface area contributed by atoms with Crippen LogP contribution < -0.4 is 0 Å². The van der Waals surface area contributed by atoms with Gasteiger partial charge in [-0.25, -0.2) is 0 Å². The zero-order valence-corrected chi connectivity index (χ0v) is 21.5. The van der Waals surface area contributed by atoms with Crippen LogP contribution in [0.1, 0.15) is 79.1 Å². The molecular weight excluding hydrogens is 506 g/mol. The second kappa shape index (κ2) is 17.8. The first-order valence-corrected chi connectivity index (χ1v) is 20.9. The minimum absolute atomic E-state index is 0. The fourth-order valence-corrected chi connectivity index (χ4v) is 36.2. The Balaban J connectivity index is 0. The van der Waals surface area contributed by atoms with Gasteiger partial charge in [0.05, 0.1) is 0 Å². The van der Waals surface area contributed by atoms with E-state index in [1.165, 1.54) is 47.4 Å². The minimum atomic E-state index is -3.14. The van der Waals surface area contributed by atoms with E-state index < -0.39 is 39.4 Å². The first-order chi connectivity index (χ1) is 10.7. The average molecular weight is 545 g/mol. The molecule has 4 nitrogen and oxygen atoms in total. The molecule has 0 aromatic heterocycles. The van der Waals surface area contributed by atoms with Crippen molar-refractivity contribution in [2.24, 2.45) is 0 Å². The number of hydrogen-bond donors (Lipinski definition) is 0. The fourth-order valence-electron chi connectivity index (χ4n) is 2.59. The molecule has 0 aliphatic heterocycles. The normalized spacial score (nSPS) is 11.3. The van der Waals surface area contributed by atoms with Crippen molar-refractivity contribution in [1.29, 1.82) is 0 Å². The van der Waals surface area contributed by atoms with Gasteiger partial charge in [-0.1, -0.05) is 0 Å². The standard InChI is InChI=1S/4C4H9.CH2O2.H2O.O.2Sn/c4*1-3-4-2;2-1-3;;;;/h4*1,3-4H2,2H3;1H,(H,2,3);1H2;;;/q;;;;;;;;+1/p-1. The van der Waals surface area contributed by atoms with Crippen molar-refractivity contribution < 1.29 is 14.8 Å². The first kappa shape index (κ1) is 26.2. The van der Waals surface area contributed by atoms with Crippen LogP contribution in [-0.4, -0.2) is 51.3 Å². The van der Waals surface area contributed by atoms with Crippen molar-refractivity contribution in [3.63, 3.8) is 0 Å². The Labute approximate surface area is 156 Å². The third-order valence-corrected chi connectivity index (χ3v) is 31.6. The van der Waals surface area contributed by atoms with Gasteiger partial charge in [0.1, 0.15) is 0 Å². The molecule has 0 atom stereocenters. The van der Waals surface area contributed by atoms with Gasteiger partial charge >= 0.3 is 152 Å². The summed E-state index contributed by atoms with van der Waals surface area (Å²) < 4.78 is 17.4. The Morgan fingerprint density at radius 1 is 0.826 bits per heavy atom. The van der Waals surface area contributed by atoms with Crippen LogP contribution in [0.3, 0.4) is 0 Å². The van der Waals surface area contributed by atoms with Gasteiger partial charge in [-0.05, 0) is 0 Å². The van der Waals surface area contributed by atoms with E-state index in [0.29, 0.717) is 6.47 Å². The summed E-state index contributed by atoms with van der Waals surface area (Å²) in [6, 6.07) is 0. The molecule has 0 aliphatic carbocycles. The molecule has 0 amide bonds. The Hall–Kier alpha value is 0.987. The number of carbonyl (C=O) groups is 1. The molecule has 1 radical (unpaired) electrons. The zero-order chi connectivity index (χ0) is 16.7. The molecule has 0 fully saturated rings. The van der Waals surface area contributed by atoms with E-state index in [2.05, 4.69) is 27.7 Å². The van der Waals surface area contributed by atoms with Gasteiger partial charge in [-0.15, -0.1) is 0 Å². The van der Waals surface area contributed by atoms with E-state index in [-0.39, 0.29) is 5.48 Å². The Morgan fingerprint density at radius 2 is 1.26 bits per heavy atom. The van der Waals surface area contributed by atoms with Crippen LogP contribution in [0.5, 0.6) is 0 Å². The molecule has 0 aromatic carbocycles. The third-order valence-electron chi connectivity index (χ3n) is 4.03. The largest absolute Gasteiger partial charge is 0.412 e. The molecule has 23 heavy (non-hydrogen) atoms. The second-order valence-corrected chi connectivity index (χ2v) is 25.3. The Kier molecular flexibility index (Phi) is 20.3. The van der Waals surface area contributed by atoms with Crippen LogP contribution in [-0.2, 0) is 9.28 Å². The van der Waals surface area contributed by atoms with Crippen molar-refractivity contribution >= 4 is 45.9 Å². The van der Waals surface area contributed by atoms with Crippen molar-refractivity contribution in [2.75, 3.05) is 0 Å². The Bertz CT molecular complexity index is 249. The van der Waals surface area contributed by atoms with Crippen molar-refractivity contribution in [3.8, 4) is 0 Å². The summed E-state index contributed by atoms with van der Waals surface area (Å²) in [4.78, 5) is 11.1. The quantitative estimate of drug-likeness (QED) is 0.203. The van der Waals surface area contributed by atoms with Gasteiger partial charge in [0.2, 0.25) is 0 Å². The molecule has 2 N–H and O–H groups in total. The van der Waals surface area contributed by atoms with Crippen molar-refractivity contribution in [3.05, 3.63) is 0 Å². The van der Waals surface area contributed by atoms with E-state index in [4.69, 9.17) is 4.49 Å². The van der Waals surface area contributed by atoms with Gasteiger partial charge in [0, 0.05) is 0 Å². The number of hydrogen-bond acceptors (Lipinski definition) is 3. The molecule has 139 valence electrons. The van der Waals surface area contributed by atoms with E-state index in [9.17, 15) is 4.79 Å². The summed E-state index contributed by atoms with van der Waals surface area (Å²) in [6.07, 6.45) is 9.74. The summed E-state index contributed by atoms with van der Waals surface area (Å²) in [6.45, 7) is 9.65. The van der Waals surface area contributed by atoms with E-state index >= 15 is 0 Å². The van der Waals surface area contributed by atoms with Gasteiger partial charge in [0.25, 0.3) is 0 Å². The van der Waals surface area contributed by atoms with Crippen LogP contribution in [0.2, 0.25) is 17.7 Å². The SMILES string of the molecule is CCC[CH2][Sn]([CH2]CCC)[O][Sn]([CH2]CCC)([CH2]CCC)[O]C=O.O. The van der Waals surface area contributed by atoms with E-state index in [1.807, 2.05) is 0 Å². The molecule has 0 saturated heterocycles. The summed E-state index contributed by atoms with van der Waals surface area (Å²) in [5.41, 5.74) is 0. The molecule has 0 aliphatic rings. The molecule has 0 bridgehead atoms. The predicted octanol–water partition coefficient (Wildman–Crippen LogP) is 4.99. The molecular formula is C17H39O4Sn2. The maximum absolute atomic E-state index is 11.1. The Morgan fingerprint density at radius 3 is 1.61 bits per heavy atom. The molecule has 0 aromatic rings. The van der Waals surface area contributed by atoms with Crippen LogP contribution >= 0.6 is 0 Å². The molecule has 0 saturated carbocycles. The summed E-state index contributed by atoms with van der Waals surface area (Å²) in [7, 11) is 0. The van der Waals surface area contributed by atoms with Crippen LogP contribution in [0.4, 0.5) is 0 Å². The van der Waals surface area contributed by atoms with E-state index in [0.717, 1.165) is 21.7 Å². The maximum atomic E-state index is 11.1. The fraction of sp³-hybridized carbons (Fsp3) is 0.941. The molecule has 6 heteroatoms. The van der Waals surface area contributed by atoms with Crippen LogP contribution in [0, 0.1) is 0 Å². The van der Waals surface area contributed by atoms with Crippen LogP contribution in [0.15, 0.2) is 0 Å². The van der Waals surface area contributed by atoms with Crippen LogP contribution in [0.25, 0.3) is 0 Å². The first-order valence-electron chi connectivity index (χ1n) is 9.33. The summed E-state index contributed by atoms with van der Waals surface area (Å²) in [5, 5.41) is 0. The van der Waals surface area contributed by atoms with Crippen molar-refractivity contribution in [2.45, 2.75) is 96.8 Å². The van der Waals surface area contributed by atoms with Gasteiger partial charge < -0.3 is 5.48 Å². The van der Waals surface area contributed by atoms with E-state index in [1.54, 1.807) is 0 Å². The third kappa shape index (κ3) is 12.9. The second-order valence-electron chi connectivity index (χ2n) is 6.18. The summed E-state index contributed by atoms with van der Waals surface area (Å²) >= 11 is -4.97. The maximum Gasteiger partial charge on any atom is -0.412 e. The summed E-state index contributed by atoms with van der Waals surface area (Å²) in [5.74, 6) is 0. The average Bonchev–Trinajstić information content (AvgIpc) is 2.53.